The molecule has 0 spiro atoms. The minimum absolute atomic E-state index is 0.413. The second-order valence-electron chi connectivity index (χ2n) is 4.48. The van der Waals surface area contributed by atoms with Crippen LogP contribution in [0.25, 0.3) is 0 Å². The molecule has 1 N–H and O–H groups in total. The Balaban J connectivity index is 2.17. The number of nitrogens with zero attached hydrogens (tertiary/aromatic N) is 2. The predicted octanol–water partition coefficient (Wildman–Crippen LogP) is 5.36. The molecule has 0 unspecified atom stereocenters. The van der Waals surface area contributed by atoms with E-state index in [4.69, 9.17) is 0 Å². The van der Waals surface area contributed by atoms with Gasteiger partial charge in [0.2, 0.25) is 0 Å². The Morgan fingerprint density at radius 2 is 1.84 bits per heavy atom. The first-order valence-corrected chi connectivity index (χ1v) is 8.26. The third-order valence-electron chi connectivity index (χ3n) is 2.76. The molecule has 1 aromatic heterocycles. The van der Waals surface area contributed by atoms with Crippen LogP contribution < -0.4 is 5.32 Å². The maximum atomic E-state index is 4.21. The number of hydrogen-bond acceptors (Lipinski definition) is 2. The summed E-state index contributed by atoms with van der Waals surface area (Å²) < 4.78 is 5.23. The van der Waals surface area contributed by atoms with Crippen LogP contribution in [0.5, 0.6) is 0 Å². The van der Waals surface area contributed by atoms with Gasteiger partial charge in [-0.1, -0.05) is 15.9 Å². The molecule has 0 radical (unpaired) electrons. The van der Waals surface area contributed by atoms with Crippen molar-refractivity contribution in [3.05, 3.63) is 43.8 Å². The fourth-order valence-corrected chi connectivity index (χ4v) is 4.36. The van der Waals surface area contributed by atoms with E-state index in [0.717, 1.165) is 31.3 Å². The molecular weight excluding hydrogens is 438 g/mol. The lowest BCUT2D eigenvalue weighted by atomic mass is 10.3. The van der Waals surface area contributed by atoms with Gasteiger partial charge in [0.1, 0.15) is 0 Å². The van der Waals surface area contributed by atoms with Crippen molar-refractivity contribution in [1.29, 1.82) is 0 Å². The van der Waals surface area contributed by atoms with Gasteiger partial charge in [0.05, 0.1) is 24.3 Å². The first kappa shape index (κ1) is 15.1. The molecule has 0 fully saturated rings. The number of nitrogens with one attached hydrogen (secondary N) is 1. The Bertz CT molecular complexity index is 555. The van der Waals surface area contributed by atoms with E-state index in [1.54, 1.807) is 0 Å². The second kappa shape index (κ2) is 6.41. The lowest BCUT2D eigenvalue weighted by molar-refractivity contribution is 0.577. The molecule has 0 bridgehead atoms. The van der Waals surface area contributed by atoms with E-state index in [1.165, 1.54) is 0 Å². The van der Waals surface area contributed by atoms with Crippen LogP contribution in [0.15, 0.2) is 38.1 Å². The fraction of sp³-hybridized carbons (Fsp3) is 0.308. The van der Waals surface area contributed by atoms with Crippen molar-refractivity contribution in [2.75, 3.05) is 5.32 Å². The van der Waals surface area contributed by atoms with Gasteiger partial charge in [0.15, 0.2) is 0 Å². The molecule has 1 aromatic carbocycles. The summed E-state index contributed by atoms with van der Waals surface area (Å²) in [5.74, 6) is 0. The van der Waals surface area contributed by atoms with E-state index >= 15 is 0 Å². The van der Waals surface area contributed by atoms with E-state index in [0.29, 0.717) is 6.04 Å². The normalized spacial score (nSPS) is 11.1. The standard InChI is InChI=1S/C13H14Br3N3/c1-8(2)19-7-17-5-10(19)6-18-13-11(15)3-9(14)4-12(13)16/h3-5,7-8,18H,6H2,1-2H3. The average Bonchev–Trinajstić information content (AvgIpc) is 2.75. The zero-order valence-corrected chi connectivity index (χ0v) is 15.4. The van der Waals surface area contributed by atoms with Gasteiger partial charge in [0.25, 0.3) is 0 Å². The van der Waals surface area contributed by atoms with Crippen LogP contribution in [0.1, 0.15) is 25.6 Å². The number of hydrogen-bond donors (Lipinski definition) is 1. The smallest absolute Gasteiger partial charge is 0.0951 e. The maximum Gasteiger partial charge on any atom is 0.0951 e. The van der Waals surface area contributed by atoms with Gasteiger partial charge in [-0.05, 0) is 57.8 Å². The second-order valence-corrected chi connectivity index (χ2v) is 7.11. The largest absolute Gasteiger partial charge is 0.378 e. The van der Waals surface area contributed by atoms with Crippen molar-refractivity contribution in [2.24, 2.45) is 0 Å². The molecule has 0 aliphatic rings. The van der Waals surface area contributed by atoms with Crippen LogP contribution in [0.2, 0.25) is 0 Å². The van der Waals surface area contributed by atoms with Crippen LogP contribution >= 0.6 is 47.8 Å². The minimum Gasteiger partial charge on any atom is -0.378 e. The molecule has 2 rings (SSSR count). The highest BCUT2D eigenvalue weighted by molar-refractivity contribution is 9.11. The monoisotopic (exact) mass is 449 g/mol. The number of halogens is 3. The van der Waals surface area contributed by atoms with Crippen molar-refractivity contribution >= 4 is 53.5 Å². The Labute approximate surface area is 138 Å². The van der Waals surface area contributed by atoms with Gasteiger partial charge in [0, 0.05) is 25.7 Å². The Morgan fingerprint density at radius 3 is 2.42 bits per heavy atom. The SMILES string of the molecule is CC(C)n1cncc1CNc1c(Br)cc(Br)cc1Br. The summed E-state index contributed by atoms with van der Waals surface area (Å²) in [7, 11) is 0. The Hall–Kier alpha value is -0.330. The van der Waals surface area contributed by atoms with E-state index in [1.807, 2.05) is 24.7 Å². The molecule has 2 aromatic rings. The van der Waals surface area contributed by atoms with E-state index in [-0.39, 0.29) is 0 Å². The molecule has 0 amide bonds. The predicted molar refractivity (Wildman–Crippen MR) is 89.5 cm³/mol. The van der Waals surface area contributed by atoms with Gasteiger partial charge < -0.3 is 9.88 Å². The zero-order chi connectivity index (χ0) is 14.0. The number of benzene rings is 1. The maximum absolute atomic E-state index is 4.21. The highest BCUT2D eigenvalue weighted by Gasteiger charge is 2.09. The molecule has 0 saturated heterocycles. The number of rotatable bonds is 4. The van der Waals surface area contributed by atoms with Crippen LogP contribution in [-0.2, 0) is 6.54 Å². The summed E-state index contributed by atoms with van der Waals surface area (Å²) in [4.78, 5) is 4.21. The van der Waals surface area contributed by atoms with E-state index in [2.05, 4.69) is 76.5 Å². The lowest BCUT2D eigenvalue weighted by Crippen LogP contribution is -2.09. The minimum atomic E-state index is 0.413. The first-order chi connectivity index (χ1) is 8.99. The highest BCUT2D eigenvalue weighted by Crippen LogP contribution is 2.34. The van der Waals surface area contributed by atoms with E-state index < -0.39 is 0 Å². The van der Waals surface area contributed by atoms with Crippen molar-refractivity contribution < 1.29 is 0 Å². The molecule has 0 aliphatic heterocycles. The quantitative estimate of drug-likeness (QED) is 0.677. The number of aromatic nitrogens is 2. The molecular formula is C13H14Br3N3. The molecule has 0 atom stereocenters. The fourth-order valence-electron chi connectivity index (χ4n) is 1.82. The van der Waals surface area contributed by atoms with Gasteiger partial charge >= 0.3 is 0 Å². The lowest BCUT2D eigenvalue weighted by Gasteiger charge is -2.15. The number of imidazole rings is 1. The van der Waals surface area contributed by atoms with Crippen molar-refractivity contribution in [2.45, 2.75) is 26.4 Å². The summed E-state index contributed by atoms with van der Waals surface area (Å²) in [5.41, 5.74) is 2.21. The van der Waals surface area contributed by atoms with Crippen molar-refractivity contribution in [3.8, 4) is 0 Å². The topological polar surface area (TPSA) is 29.9 Å². The van der Waals surface area contributed by atoms with Gasteiger partial charge in [-0.3, -0.25) is 0 Å². The summed E-state index contributed by atoms with van der Waals surface area (Å²) >= 11 is 10.6. The first-order valence-electron chi connectivity index (χ1n) is 5.88. The van der Waals surface area contributed by atoms with Crippen molar-refractivity contribution in [1.82, 2.24) is 9.55 Å². The molecule has 3 nitrogen and oxygen atoms in total. The highest BCUT2D eigenvalue weighted by atomic mass is 79.9. The summed E-state index contributed by atoms with van der Waals surface area (Å²) in [6.07, 6.45) is 3.76. The zero-order valence-electron chi connectivity index (χ0n) is 10.6. The Kier molecular flexibility index (Phi) is 5.09. The van der Waals surface area contributed by atoms with Crippen LogP contribution in [0.4, 0.5) is 5.69 Å². The molecule has 19 heavy (non-hydrogen) atoms. The summed E-state index contributed by atoms with van der Waals surface area (Å²) in [6.45, 7) is 5.03. The molecule has 0 aliphatic carbocycles. The molecule has 102 valence electrons. The van der Waals surface area contributed by atoms with Gasteiger partial charge in [-0.25, -0.2) is 4.98 Å². The van der Waals surface area contributed by atoms with Crippen LogP contribution in [-0.4, -0.2) is 9.55 Å². The third-order valence-corrected chi connectivity index (χ3v) is 4.46. The third kappa shape index (κ3) is 3.61. The molecule has 6 heteroatoms. The Morgan fingerprint density at radius 1 is 1.21 bits per heavy atom. The number of anilines is 1. The summed E-state index contributed by atoms with van der Waals surface area (Å²) in [5, 5.41) is 3.43. The van der Waals surface area contributed by atoms with Crippen LogP contribution in [0, 0.1) is 0 Å². The average molecular weight is 452 g/mol. The van der Waals surface area contributed by atoms with Crippen LogP contribution in [0.3, 0.4) is 0 Å². The summed E-state index contributed by atoms with van der Waals surface area (Å²) in [6, 6.07) is 4.45. The molecule has 1 heterocycles. The van der Waals surface area contributed by atoms with Gasteiger partial charge in [-0.2, -0.15) is 0 Å². The molecule has 0 saturated carbocycles. The van der Waals surface area contributed by atoms with Gasteiger partial charge in [-0.15, -0.1) is 0 Å². The van der Waals surface area contributed by atoms with E-state index in [9.17, 15) is 0 Å². The van der Waals surface area contributed by atoms with Crippen molar-refractivity contribution in [3.63, 3.8) is 0 Å².